The Morgan fingerprint density at radius 1 is 0.933 bits per heavy atom. The van der Waals surface area contributed by atoms with Crippen molar-refractivity contribution in [3.63, 3.8) is 0 Å². The molecule has 0 heterocycles. The third kappa shape index (κ3) is 3.46. The standard InChI is InChI=1S/C13H25NO/c15-13(9-5-1-2-6-10-13)11-14-12-7-3-4-8-12/h12,14-15H,1-11H2. The Kier molecular flexibility index (Phi) is 4.04. The minimum absolute atomic E-state index is 0.390. The summed E-state index contributed by atoms with van der Waals surface area (Å²) in [4.78, 5) is 0. The van der Waals surface area contributed by atoms with Crippen LogP contribution in [-0.2, 0) is 0 Å². The van der Waals surface area contributed by atoms with Gasteiger partial charge < -0.3 is 10.4 Å². The smallest absolute Gasteiger partial charge is 0.0771 e. The first-order valence-corrected chi connectivity index (χ1v) is 6.74. The summed E-state index contributed by atoms with van der Waals surface area (Å²) < 4.78 is 0. The molecule has 2 N–H and O–H groups in total. The summed E-state index contributed by atoms with van der Waals surface area (Å²) in [6.45, 7) is 0.831. The second kappa shape index (κ2) is 5.31. The molecule has 2 aliphatic rings. The maximum atomic E-state index is 10.4. The molecule has 0 aromatic carbocycles. The van der Waals surface area contributed by atoms with E-state index in [0.29, 0.717) is 6.04 Å². The lowest BCUT2D eigenvalue weighted by molar-refractivity contribution is 0.0229. The summed E-state index contributed by atoms with van der Waals surface area (Å²) in [5.41, 5.74) is -0.390. The summed E-state index contributed by atoms with van der Waals surface area (Å²) in [6, 6.07) is 0.692. The molecule has 0 aromatic heterocycles. The highest BCUT2D eigenvalue weighted by molar-refractivity contribution is 4.85. The fourth-order valence-electron chi connectivity index (χ4n) is 3.03. The van der Waals surface area contributed by atoms with Crippen LogP contribution in [0, 0.1) is 0 Å². The second-order valence-electron chi connectivity index (χ2n) is 5.50. The molecule has 0 aromatic rings. The molecule has 0 amide bonds. The Morgan fingerprint density at radius 3 is 2.13 bits per heavy atom. The highest BCUT2D eigenvalue weighted by Crippen LogP contribution is 2.27. The van der Waals surface area contributed by atoms with Gasteiger partial charge in [-0.15, -0.1) is 0 Å². The van der Waals surface area contributed by atoms with Gasteiger partial charge in [0.1, 0.15) is 0 Å². The van der Waals surface area contributed by atoms with Crippen LogP contribution in [0.5, 0.6) is 0 Å². The Hall–Kier alpha value is -0.0800. The summed E-state index contributed by atoms with van der Waals surface area (Å²) in [5.74, 6) is 0. The molecule has 88 valence electrons. The van der Waals surface area contributed by atoms with Gasteiger partial charge in [0.2, 0.25) is 0 Å². The lowest BCUT2D eigenvalue weighted by Crippen LogP contribution is -2.43. The number of rotatable bonds is 3. The quantitative estimate of drug-likeness (QED) is 0.703. The van der Waals surface area contributed by atoms with Gasteiger partial charge in [0.05, 0.1) is 5.60 Å². The van der Waals surface area contributed by atoms with E-state index in [-0.39, 0.29) is 5.60 Å². The van der Waals surface area contributed by atoms with E-state index in [2.05, 4.69) is 5.32 Å². The molecule has 2 saturated carbocycles. The molecular weight excluding hydrogens is 186 g/mol. The van der Waals surface area contributed by atoms with Crippen LogP contribution in [-0.4, -0.2) is 23.3 Å². The highest BCUT2D eigenvalue weighted by atomic mass is 16.3. The Bertz CT molecular complexity index is 179. The molecule has 0 saturated heterocycles. The SMILES string of the molecule is OC1(CNC2CCCC2)CCCCCC1. The normalized spacial score (nSPS) is 27.8. The van der Waals surface area contributed by atoms with Crippen LogP contribution in [0.4, 0.5) is 0 Å². The van der Waals surface area contributed by atoms with Crippen molar-refractivity contribution in [3.05, 3.63) is 0 Å². The van der Waals surface area contributed by atoms with Crippen LogP contribution in [0.1, 0.15) is 64.2 Å². The van der Waals surface area contributed by atoms with Gasteiger partial charge in [0, 0.05) is 12.6 Å². The number of aliphatic hydroxyl groups is 1. The molecule has 2 nitrogen and oxygen atoms in total. The zero-order valence-electron chi connectivity index (χ0n) is 9.80. The van der Waals surface area contributed by atoms with Crippen LogP contribution >= 0.6 is 0 Å². The number of hydrogen-bond acceptors (Lipinski definition) is 2. The first-order chi connectivity index (χ1) is 7.29. The molecule has 0 aliphatic heterocycles. The van der Waals surface area contributed by atoms with E-state index in [4.69, 9.17) is 0 Å². The maximum absolute atomic E-state index is 10.4. The van der Waals surface area contributed by atoms with Crippen molar-refractivity contribution in [2.75, 3.05) is 6.54 Å². The van der Waals surface area contributed by atoms with E-state index < -0.39 is 0 Å². The molecule has 0 radical (unpaired) electrons. The molecular formula is C13H25NO. The molecule has 2 rings (SSSR count). The van der Waals surface area contributed by atoms with Gasteiger partial charge in [-0.05, 0) is 25.7 Å². The third-order valence-electron chi connectivity index (χ3n) is 4.11. The van der Waals surface area contributed by atoms with Crippen LogP contribution in [0.25, 0.3) is 0 Å². The molecule has 2 fully saturated rings. The Labute approximate surface area is 93.5 Å². The predicted molar refractivity (Wildman–Crippen MR) is 62.9 cm³/mol. The van der Waals surface area contributed by atoms with Crippen molar-refractivity contribution < 1.29 is 5.11 Å². The van der Waals surface area contributed by atoms with E-state index in [1.54, 1.807) is 0 Å². The lowest BCUT2D eigenvalue weighted by Gasteiger charge is -2.28. The van der Waals surface area contributed by atoms with E-state index in [0.717, 1.165) is 19.4 Å². The van der Waals surface area contributed by atoms with Crippen molar-refractivity contribution in [1.29, 1.82) is 0 Å². The molecule has 2 heteroatoms. The maximum Gasteiger partial charge on any atom is 0.0771 e. The van der Waals surface area contributed by atoms with Gasteiger partial charge in [-0.1, -0.05) is 38.5 Å². The number of hydrogen-bond donors (Lipinski definition) is 2. The topological polar surface area (TPSA) is 32.3 Å². The predicted octanol–water partition coefficient (Wildman–Crippen LogP) is 2.60. The van der Waals surface area contributed by atoms with Gasteiger partial charge >= 0.3 is 0 Å². The first kappa shape index (κ1) is 11.4. The summed E-state index contributed by atoms with van der Waals surface area (Å²) >= 11 is 0. The molecule has 0 unspecified atom stereocenters. The van der Waals surface area contributed by atoms with Crippen LogP contribution < -0.4 is 5.32 Å². The van der Waals surface area contributed by atoms with E-state index >= 15 is 0 Å². The summed E-state index contributed by atoms with van der Waals surface area (Å²) in [5, 5.41) is 14.0. The molecule has 0 spiro atoms. The molecule has 2 aliphatic carbocycles. The minimum atomic E-state index is -0.390. The second-order valence-corrected chi connectivity index (χ2v) is 5.50. The van der Waals surface area contributed by atoms with Gasteiger partial charge in [-0.3, -0.25) is 0 Å². The fourth-order valence-corrected chi connectivity index (χ4v) is 3.03. The van der Waals surface area contributed by atoms with Crippen molar-refractivity contribution in [1.82, 2.24) is 5.32 Å². The van der Waals surface area contributed by atoms with Gasteiger partial charge in [0.15, 0.2) is 0 Å². The monoisotopic (exact) mass is 211 g/mol. The van der Waals surface area contributed by atoms with Gasteiger partial charge in [0.25, 0.3) is 0 Å². The van der Waals surface area contributed by atoms with Crippen LogP contribution in [0.2, 0.25) is 0 Å². The van der Waals surface area contributed by atoms with Crippen molar-refractivity contribution in [2.24, 2.45) is 0 Å². The highest BCUT2D eigenvalue weighted by Gasteiger charge is 2.28. The third-order valence-corrected chi connectivity index (χ3v) is 4.11. The Morgan fingerprint density at radius 2 is 1.53 bits per heavy atom. The van der Waals surface area contributed by atoms with Crippen molar-refractivity contribution >= 4 is 0 Å². The molecule has 0 bridgehead atoms. The largest absolute Gasteiger partial charge is 0.389 e. The van der Waals surface area contributed by atoms with E-state index in [1.165, 1.54) is 51.4 Å². The van der Waals surface area contributed by atoms with Gasteiger partial charge in [-0.2, -0.15) is 0 Å². The summed E-state index contributed by atoms with van der Waals surface area (Å²) in [6.07, 6.45) is 12.4. The average molecular weight is 211 g/mol. The van der Waals surface area contributed by atoms with Crippen LogP contribution in [0.3, 0.4) is 0 Å². The lowest BCUT2D eigenvalue weighted by atomic mass is 9.94. The molecule has 15 heavy (non-hydrogen) atoms. The zero-order valence-corrected chi connectivity index (χ0v) is 9.80. The van der Waals surface area contributed by atoms with Gasteiger partial charge in [-0.25, -0.2) is 0 Å². The zero-order chi connectivity index (χ0) is 10.6. The molecule has 0 atom stereocenters. The van der Waals surface area contributed by atoms with Crippen LogP contribution in [0.15, 0.2) is 0 Å². The van der Waals surface area contributed by atoms with Crippen molar-refractivity contribution in [2.45, 2.75) is 75.9 Å². The van der Waals surface area contributed by atoms with Crippen molar-refractivity contribution in [3.8, 4) is 0 Å². The van der Waals surface area contributed by atoms with E-state index in [9.17, 15) is 5.11 Å². The minimum Gasteiger partial charge on any atom is -0.389 e. The Balaban J connectivity index is 1.75. The fraction of sp³-hybridized carbons (Fsp3) is 1.00. The number of nitrogens with one attached hydrogen (secondary N) is 1. The average Bonchev–Trinajstić information content (AvgIpc) is 2.65. The first-order valence-electron chi connectivity index (χ1n) is 6.74. The van der Waals surface area contributed by atoms with E-state index in [1.807, 2.05) is 0 Å². The summed E-state index contributed by atoms with van der Waals surface area (Å²) in [7, 11) is 0.